The van der Waals surface area contributed by atoms with E-state index in [0.717, 1.165) is 12.8 Å². The van der Waals surface area contributed by atoms with Crippen molar-refractivity contribution in [3.8, 4) is 0 Å². The van der Waals surface area contributed by atoms with E-state index in [1.54, 1.807) is 6.92 Å². The molecule has 1 saturated heterocycles. The molecule has 1 heterocycles. The first kappa shape index (κ1) is 8.97. The number of likely N-dealkylation sites (tertiary alicyclic amines) is 1. The molecule has 1 aliphatic rings. The Morgan fingerprint density at radius 3 is 2.67 bits per heavy atom. The highest BCUT2D eigenvalue weighted by Crippen LogP contribution is 2.12. The molecule has 0 unspecified atom stereocenters. The fourth-order valence-electron chi connectivity index (χ4n) is 1.25. The summed E-state index contributed by atoms with van der Waals surface area (Å²) in [6.45, 7) is 5.71. The maximum Gasteiger partial charge on any atom is 0.255 e. The Hall–Kier alpha value is -1.12. The Morgan fingerprint density at radius 1 is 1.50 bits per heavy atom. The molecule has 0 aromatic heterocycles. The molecule has 3 heteroatoms. The van der Waals surface area contributed by atoms with Gasteiger partial charge in [0.1, 0.15) is 0 Å². The summed E-state index contributed by atoms with van der Waals surface area (Å²) < 4.78 is 0. The van der Waals surface area contributed by atoms with Gasteiger partial charge in [0.15, 0.2) is 0 Å². The molecule has 1 fully saturated rings. The van der Waals surface area contributed by atoms with Gasteiger partial charge < -0.3 is 0 Å². The van der Waals surface area contributed by atoms with E-state index in [2.05, 4.69) is 6.58 Å². The molecule has 0 bridgehead atoms. The van der Waals surface area contributed by atoms with E-state index in [1.165, 1.54) is 4.90 Å². The lowest BCUT2D eigenvalue weighted by Gasteiger charge is -2.24. The van der Waals surface area contributed by atoms with Gasteiger partial charge in [0.2, 0.25) is 5.91 Å². The summed E-state index contributed by atoms with van der Waals surface area (Å²) >= 11 is 0. The first-order valence-corrected chi connectivity index (χ1v) is 4.13. The molecule has 0 spiro atoms. The molecule has 2 amide bonds. The average molecular weight is 167 g/mol. The van der Waals surface area contributed by atoms with Gasteiger partial charge in [-0.05, 0) is 19.8 Å². The van der Waals surface area contributed by atoms with Crippen LogP contribution in [-0.2, 0) is 9.59 Å². The minimum atomic E-state index is -0.222. The van der Waals surface area contributed by atoms with Gasteiger partial charge in [-0.25, -0.2) is 0 Å². The molecular weight excluding hydrogens is 154 g/mol. The lowest BCUT2D eigenvalue weighted by molar-refractivity contribution is -0.144. The highest BCUT2D eigenvalue weighted by molar-refractivity contribution is 6.03. The largest absolute Gasteiger partial charge is 0.279 e. The number of piperidine rings is 1. The van der Waals surface area contributed by atoms with E-state index in [-0.39, 0.29) is 11.8 Å². The van der Waals surface area contributed by atoms with Gasteiger partial charge in [-0.15, -0.1) is 0 Å². The van der Waals surface area contributed by atoms with Gasteiger partial charge in [0.25, 0.3) is 5.91 Å². The van der Waals surface area contributed by atoms with Crippen molar-refractivity contribution in [2.45, 2.75) is 26.2 Å². The van der Waals surface area contributed by atoms with Crippen molar-refractivity contribution in [2.75, 3.05) is 6.54 Å². The predicted molar refractivity (Wildman–Crippen MR) is 45.4 cm³/mol. The van der Waals surface area contributed by atoms with Crippen LogP contribution in [0, 0.1) is 0 Å². The standard InChI is InChI=1S/C9H13NO2/c1-7(2)9(12)10-6-4-3-5-8(10)11/h1,3-6H2,2H3. The quantitative estimate of drug-likeness (QED) is 0.548. The minimum absolute atomic E-state index is 0.0609. The van der Waals surface area contributed by atoms with Crippen LogP contribution in [0.4, 0.5) is 0 Å². The maximum atomic E-state index is 11.3. The van der Waals surface area contributed by atoms with E-state index in [1.807, 2.05) is 0 Å². The minimum Gasteiger partial charge on any atom is -0.279 e. The lowest BCUT2D eigenvalue weighted by Crippen LogP contribution is -2.40. The Morgan fingerprint density at radius 2 is 2.17 bits per heavy atom. The smallest absolute Gasteiger partial charge is 0.255 e. The van der Waals surface area contributed by atoms with Crippen molar-refractivity contribution < 1.29 is 9.59 Å². The van der Waals surface area contributed by atoms with Gasteiger partial charge in [-0.2, -0.15) is 0 Å². The van der Waals surface area contributed by atoms with Crippen molar-refractivity contribution in [3.05, 3.63) is 12.2 Å². The number of carbonyl (C=O) groups excluding carboxylic acids is 2. The lowest BCUT2D eigenvalue weighted by atomic mass is 10.1. The van der Waals surface area contributed by atoms with Crippen LogP contribution in [0.5, 0.6) is 0 Å². The summed E-state index contributed by atoms with van der Waals surface area (Å²) in [6, 6.07) is 0. The van der Waals surface area contributed by atoms with E-state index in [0.29, 0.717) is 18.5 Å². The zero-order chi connectivity index (χ0) is 9.14. The molecule has 3 nitrogen and oxygen atoms in total. The van der Waals surface area contributed by atoms with Crippen LogP contribution >= 0.6 is 0 Å². The van der Waals surface area contributed by atoms with Crippen LogP contribution in [0.25, 0.3) is 0 Å². The third-order valence-electron chi connectivity index (χ3n) is 1.93. The number of nitrogens with zero attached hydrogens (tertiary/aromatic N) is 1. The Kier molecular flexibility index (Phi) is 2.63. The number of amides is 2. The third kappa shape index (κ3) is 1.72. The number of hydrogen-bond donors (Lipinski definition) is 0. The van der Waals surface area contributed by atoms with Crippen LogP contribution in [-0.4, -0.2) is 23.3 Å². The zero-order valence-electron chi connectivity index (χ0n) is 7.30. The molecule has 0 saturated carbocycles. The normalized spacial score (nSPS) is 17.8. The summed E-state index contributed by atoms with van der Waals surface area (Å²) in [7, 11) is 0. The topological polar surface area (TPSA) is 37.4 Å². The first-order chi connectivity index (χ1) is 5.63. The van der Waals surface area contributed by atoms with Crippen LogP contribution in [0.2, 0.25) is 0 Å². The fourth-order valence-corrected chi connectivity index (χ4v) is 1.25. The molecule has 0 aromatic carbocycles. The summed E-state index contributed by atoms with van der Waals surface area (Å²) in [6.07, 6.45) is 2.32. The fraction of sp³-hybridized carbons (Fsp3) is 0.556. The number of carbonyl (C=O) groups is 2. The van der Waals surface area contributed by atoms with Crippen molar-refractivity contribution in [2.24, 2.45) is 0 Å². The van der Waals surface area contributed by atoms with Crippen molar-refractivity contribution in [3.63, 3.8) is 0 Å². The van der Waals surface area contributed by atoms with Crippen LogP contribution in [0.3, 0.4) is 0 Å². The molecule has 1 rings (SSSR count). The predicted octanol–water partition coefficient (Wildman–Crippen LogP) is 1.10. The number of rotatable bonds is 1. The summed E-state index contributed by atoms with van der Waals surface area (Å²) in [5, 5.41) is 0. The second-order valence-corrected chi connectivity index (χ2v) is 3.09. The van der Waals surface area contributed by atoms with Crippen LogP contribution in [0.15, 0.2) is 12.2 Å². The van der Waals surface area contributed by atoms with Crippen LogP contribution < -0.4 is 0 Å². The molecule has 0 N–H and O–H groups in total. The van der Waals surface area contributed by atoms with Gasteiger partial charge >= 0.3 is 0 Å². The highest BCUT2D eigenvalue weighted by atomic mass is 16.2. The van der Waals surface area contributed by atoms with E-state index < -0.39 is 0 Å². The van der Waals surface area contributed by atoms with E-state index in [9.17, 15) is 9.59 Å². The highest BCUT2D eigenvalue weighted by Gasteiger charge is 2.23. The summed E-state index contributed by atoms with van der Waals surface area (Å²) in [5.74, 6) is -0.283. The van der Waals surface area contributed by atoms with Crippen molar-refractivity contribution >= 4 is 11.8 Å². The van der Waals surface area contributed by atoms with E-state index in [4.69, 9.17) is 0 Å². The molecule has 1 aliphatic heterocycles. The molecule has 12 heavy (non-hydrogen) atoms. The second-order valence-electron chi connectivity index (χ2n) is 3.09. The second kappa shape index (κ2) is 3.52. The molecule has 0 aliphatic carbocycles. The summed E-state index contributed by atoms with van der Waals surface area (Å²) in [5.41, 5.74) is 0.435. The molecule has 0 atom stereocenters. The van der Waals surface area contributed by atoms with Gasteiger partial charge in [0.05, 0.1) is 0 Å². The Labute approximate surface area is 72.0 Å². The van der Waals surface area contributed by atoms with Gasteiger partial charge in [-0.1, -0.05) is 6.58 Å². The van der Waals surface area contributed by atoms with Crippen LogP contribution in [0.1, 0.15) is 26.2 Å². The van der Waals surface area contributed by atoms with Crippen molar-refractivity contribution in [1.29, 1.82) is 0 Å². The monoisotopic (exact) mass is 167 g/mol. The van der Waals surface area contributed by atoms with Crippen molar-refractivity contribution in [1.82, 2.24) is 4.90 Å². The maximum absolute atomic E-state index is 11.3. The third-order valence-corrected chi connectivity index (χ3v) is 1.93. The Bertz CT molecular complexity index is 233. The average Bonchev–Trinajstić information content (AvgIpc) is 2.04. The van der Waals surface area contributed by atoms with E-state index >= 15 is 0 Å². The SMILES string of the molecule is C=C(C)C(=O)N1CCCCC1=O. The number of imide groups is 1. The first-order valence-electron chi connectivity index (χ1n) is 4.13. The van der Waals surface area contributed by atoms with Gasteiger partial charge in [0, 0.05) is 18.5 Å². The molecule has 66 valence electrons. The number of hydrogen-bond acceptors (Lipinski definition) is 2. The molecule has 0 radical (unpaired) electrons. The van der Waals surface area contributed by atoms with Gasteiger partial charge in [-0.3, -0.25) is 14.5 Å². The summed E-state index contributed by atoms with van der Waals surface area (Å²) in [4.78, 5) is 23.8. The zero-order valence-corrected chi connectivity index (χ0v) is 7.30. The molecule has 0 aromatic rings. The Balaban J connectivity index is 2.66. The molecular formula is C9H13NO2.